The van der Waals surface area contributed by atoms with Gasteiger partial charge in [0.1, 0.15) is 5.82 Å². The summed E-state index contributed by atoms with van der Waals surface area (Å²) in [4.78, 5) is 0. The minimum atomic E-state index is 0.0959. The Kier molecular flexibility index (Phi) is 4.45. The molecule has 0 bridgehead atoms. The van der Waals surface area contributed by atoms with Gasteiger partial charge in [0.15, 0.2) is 0 Å². The zero-order valence-corrected chi connectivity index (χ0v) is 12.7. The van der Waals surface area contributed by atoms with Gasteiger partial charge in [0.2, 0.25) is 0 Å². The number of aryl methyl sites for hydroxylation is 2. The van der Waals surface area contributed by atoms with Gasteiger partial charge in [0.05, 0.1) is 18.8 Å². The molecule has 0 fully saturated rings. The number of rotatable bonds is 5. The summed E-state index contributed by atoms with van der Waals surface area (Å²) in [5, 5.41) is 17.0. The first-order chi connectivity index (χ1) is 9.54. The van der Waals surface area contributed by atoms with E-state index in [1.54, 1.807) is 0 Å². The van der Waals surface area contributed by atoms with Gasteiger partial charge in [-0.1, -0.05) is 18.2 Å². The van der Waals surface area contributed by atoms with Gasteiger partial charge < -0.3 is 10.4 Å². The van der Waals surface area contributed by atoms with Crippen molar-refractivity contribution in [2.24, 2.45) is 0 Å². The van der Waals surface area contributed by atoms with Crippen LogP contribution in [0.4, 0.5) is 5.82 Å². The number of nitrogens with one attached hydrogen (secondary N) is 1. The van der Waals surface area contributed by atoms with Crippen molar-refractivity contribution in [3.8, 4) is 0 Å². The Bertz CT molecular complexity index is 602. The molecule has 0 aliphatic heterocycles. The van der Waals surface area contributed by atoms with Crippen LogP contribution >= 0.6 is 0 Å². The van der Waals surface area contributed by atoms with Crippen molar-refractivity contribution in [3.63, 3.8) is 0 Å². The maximum absolute atomic E-state index is 9.12. The predicted molar refractivity (Wildman–Crippen MR) is 82.0 cm³/mol. The lowest BCUT2D eigenvalue weighted by Gasteiger charge is -2.13. The molecule has 0 aliphatic rings. The van der Waals surface area contributed by atoms with Crippen LogP contribution in [0, 0.1) is 27.7 Å². The zero-order valence-electron chi connectivity index (χ0n) is 12.7. The molecule has 0 spiro atoms. The molecule has 2 rings (SSSR count). The van der Waals surface area contributed by atoms with Crippen LogP contribution < -0.4 is 5.32 Å². The van der Waals surface area contributed by atoms with Gasteiger partial charge in [0, 0.05) is 12.1 Å². The Labute approximate surface area is 120 Å². The summed E-state index contributed by atoms with van der Waals surface area (Å²) >= 11 is 0. The highest BCUT2D eigenvalue weighted by molar-refractivity contribution is 5.48. The summed E-state index contributed by atoms with van der Waals surface area (Å²) in [7, 11) is 0. The molecular weight excluding hydrogens is 250 g/mol. The number of aromatic nitrogens is 2. The molecule has 0 saturated heterocycles. The lowest BCUT2D eigenvalue weighted by atomic mass is 10.0. The minimum Gasteiger partial charge on any atom is -0.394 e. The Morgan fingerprint density at radius 3 is 2.60 bits per heavy atom. The lowest BCUT2D eigenvalue weighted by molar-refractivity contribution is 0.270. The molecule has 4 heteroatoms. The normalized spacial score (nSPS) is 10.8. The van der Waals surface area contributed by atoms with Gasteiger partial charge in [0.25, 0.3) is 0 Å². The van der Waals surface area contributed by atoms with Gasteiger partial charge in [-0.25, -0.2) is 4.68 Å². The van der Waals surface area contributed by atoms with Crippen molar-refractivity contribution < 1.29 is 5.11 Å². The molecule has 4 nitrogen and oxygen atoms in total. The molecule has 0 amide bonds. The van der Waals surface area contributed by atoms with E-state index in [2.05, 4.69) is 49.4 Å². The number of anilines is 1. The van der Waals surface area contributed by atoms with E-state index in [1.165, 1.54) is 16.7 Å². The average Bonchev–Trinajstić information content (AvgIpc) is 2.68. The Morgan fingerprint density at radius 2 is 1.90 bits per heavy atom. The number of hydrogen-bond acceptors (Lipinski definition) is 3. The molecule has 1 heterocycles. The summed E-state index contributed by atoms with van der Waals surface area (Å²) in [6.07, 6.45) is 0. The van der Waals surface area contributed by atoms with Crippen LogP contribution in [0.25, 0.3) is 0 Å². The summed E-state index contributed by atoms with van der Waals surface area (Å²) in [6.45, 7) is 9.71. The molecule has 0 saturated carbocycles. The fraction of sp³-hybridized carbons (Fsp3) is 0.438. The third-order valence-corrected chi connectivity index (χ3v) is 3.90. The lowest BCUT2D eigenvalue weighted by Crippen LogP contribution is -2.11. The average molecular weight is 273 g/mol. The summed E-state index contributed by atoms with van der Waals surface area (Å²) < 4.78 is 1.84. The monoisotopic (exact) mass is 273 g/mol. The van der Waals surface area contributed by atoms with Crippen molar-refractivity contribution in [3.05, 3.63) is 46.1 Å². The number of aliphatic hydroxyl groups excluding tert-OH is 1. The number of nitrogens with zero attached hydrogens (tertiary/aromatic N) is 2. The molecular formula is C16H23N3O. The first kappa shape index (κ1) is 14.6. The summed E-state index contributed by atoms with van der Waals surface area (Å²) in [6, 6.07) is 6.36. The molecule has 0 aliphatic carbocycles. The third-order valence-electron chi connectivity index (χ3n) is 3.90. The fourth-order valence-corrected chi connectivity index (χ4v) is 2.33. The van der Waals surface area contributed by atoms with Crippen molar-refractivity contribution in [1.82, 2.24) is 9.78 Å². The van der Waals surface area contributed by atoms with Crippen molar-refractivity contribution >= 4 is 5.82 Å². The first-order valence-corrected chi connectivity index (χ1v) is 6.98. The highest BCUT2D eigenvalue weighted by Gasteiger charge is 2.11. The molecule has 0 radical (unpaired) electrons. The molecule has 1 aromatic carbocycles. The van der Waals surface area contributed by atoms with Crippen LogP contribution in [0.3, 0.4) is 0 Å². The van der Waals surface area contributed by atoms with Crippen molar-refractivity contribution in [2.75, 3.05) is 11.9 Å². The second kappa shape index (κ2) is 6.09. The number of aliphatic hydroxyl groups is 1. The Balaban J connectivity index is 2.20. The third kappa shape index (κ3) is 2.85. The minimum absolute atomic E-state index is 0.0959. The van der Waals surface area contributed by atoms with Gasteiger partial charge in [-0.15, -0.1) is 0 Å². The highest BCUT2D eigenvalue weighted by atomic mass is 16.3. The van der Waals surface area contributed by atoms with Gasteiger partial charge in [-0.05, 0) is 44.4 Å². The van der Waals surface area contributed by atoms with E-state index in [1.807, 2.05) is 11.6 Å². The number of hydrogen-bond donors (Lipinski definition) is 2. The van der Waals surface area contributed by atoms with Crippen molar-refractivity contribution in [1.29, 1.82) is 0 Å². The van der Waals surface area contributed by atoms with Crippen molar-refractivity contribution in [2.45, 2.75) is 40.8 Å². The molecule has 108 valence electrons. The number of benzene rings is 1. The molecule has 0 unspecified atom stereocenters. The first-order valence-electron chi connectivity index (χ1n) is 6.98. The quantitative estimate of drug-likeness (QED) is 0.880. The molecule has 1 aromatic heterocycles. The zero-order chi connectivity index (χ0) is 14.7. The molecule has 20 heavy (non-hydrogen) atoms. The molecule has 0 atom stereocenters. The smallest absolute Gasteiger partial charge is 0.127 e. The van der Waals surface area contributed by atoms with Crippen LogP contribution in [-0.2, 0) is 13.1 Å². The standard InChI is InChI=1S/C16H23N3O/c1-11-6-5-7-15(12(11)2)10-17-16-13(3)14(4)18-19(16)8-9-20/h5-7,17,20H,8-10H2,1-4H3. The van der Waals surface area contributed by atoms with E-state index < -0.39 is 0 Å². The van der Waals surface area contributed by atoms with Crippen LogP contribution in [0.15, 0.2) is 18.2 Å². The van der Waals surface area contributed by atoms with E-state index >= 15 is 0 Å². The highest BCUT2D eigenvalue weighted by Crippen LogP contribution is 2.20. The second-order valence-electron chi connectivity index (χ2n) is 5.22. The van der Waals surface area contributed by atoms with Crippen LogP contribution in [0.2, 0.25) is 0 Å². The van der Waals surface area contributed by atoms with E-state index in [9.17, 15) is 0 Å². The summed E-state index contributed by atoms with van der Waals surface area (Å²) in [5.41, 5.74) is 6.06. The predicted octanol–water partition coefficient (Wildman–Crippen LogP) is 2.72. The fourth-order valence-electron chi connectivity index (χ4n) is 2.33. The Morgan fingerprint density at radius 1 is 1.15 bits per heavy atom. The van der Waals surface area contributed by atoms with E-state index in [4.69, 9.17) is 5.11 Å². The van der Waals surface area contributed by atoms with Gasteiger partial charge >= 0.3 is 0 Å². The van der Waals surface area contributed by atoms with Gasteiger partial charge in [-0.3, -0.25) is 0 Å². The maximum Gasteiger partial charge on any atom is 0.127 e. The molecule has 2 aromatic rings. The van der Waals surface area contributed by atoms with Crippen LogP contribution in [0.1, 0.15) is 27.9 Å². The van der Waals surface area contributed by atoms with Gasteiger partial charge in [-0.2, -0.15) is 5.10 Å². The summed E-state index contributed by atoms with van der Waals surface area (Å²) in [5.74, 6) is 0.998. The topological polar surface area (TPSA) is 50.1 Å². The molecule has 2 N–H and O–H groups in total. The Hall–Kier alpha value is -1.81. The van der Waals surface area contributed by atoms with E-state index in [-0.39, 0.29) is 6.61 Å². The SMILES string of the molecule is Cc1cccc(CNc2c(C)c(C)nn2CCO)c1C. The van der Waals surface area contributed by atoms with Crippen LogP contribution in [0.5, 0.6) is 0 Å². The van der Waals surface area contributed by atoms with E-state index in [0.717, 1.165) is 23.6 Å². The largest absolute Gasteiger partial charge is 0.394 e. The van der Waals surface area contributed by atoms with Crippen LogP contribution in [-0.4, -0.2) is 21.5 Å². The second-order valence-corrected chi connectivity index (χ2v) is 5.22. The maximum atomic E-state index is 9.12. The van der Waals surface area contributed by atoms with E-state index in [0.29, 0.717) is 6.54 Å².